The molecule has 0 bridgehead atoms. The zero-order valence-electron chi connectivity index (χ0n) is 29.2. The average molecular weight is 683 g/mol. The molecule has 0 amide bonds. The number of rotatable bonds is 4. The summed E-state index contributed by atoms with van der Waals surface area (Å²) in [5.74, 6) is 0. The van der Waals surface area contributed by atoms with Gasteiger partial charge < -0.3 is 0 Å². The van der Waals surface area contributed by atoms with Crippen LogP contribution in [0.5, 0.6) is 0 Å². The number of nitriles is 2. The van der Waals surface area contributed by atoms with Crippen LogP contribution in [0.1, 0.15) is 11.1 Å². The highest BCUT2D eigenvalue weighted by Gasteiger charge is 2.15. The van der Waals surface area contributed by atoms with E-state index < -0.39 is 0 Å². The summed E-state index contributed by atoms with van der Waals surface area (Å²) in [6, 6.07) is 69.1. The second kappa shape index (κ2) is 12.6. The lowest BCUT2D eigenvalue weighted by molar-refractivity contribution is 1.48. The Labute approximate surface area is 313 Å². The van der Waals surface area contributed by atoms with Crippen LogP contribution in [0.2, 0.25) is 0 Å². The lowest BCUT2D eigenvalue weighted by atomic mass is 9.87. The van der Waals surface area contributed by atoms with Crippen LogP contribution in [-0.4, -0.2) is 0 Å². The van der Waals surface area contributed by atoms with E-state index in [0.717, 1.165) is 22.3 Å². The highest BCUT2D eigenvalue weighted by atomic mass is 14.2. The molecule has 0 saturated carbocycles. The Kier molecular flexibility index (Phi) is 7.29. The largest absolute Gasteiger partial charge is 0.192 e. The van der Waals surface area contributed by atoms with Gasteiger partial charge in [0.2, 0.25) is 0 Å². The normalized spacial score (nSPS) is 11.3. The van der Waals surface area contributed by atoms with Crippen LogP contribution in [0.15, 0.2) is 182 Å². The first-order chi connectivity index (χ1) is 26.6. The van der Waals surface area contributed by atoms with Gasteiger partial charge in [0.1, 0.15) is 0 Å². The van der Waals surface area contributed by atoms with E-state index in [0.29, 0.717) is 11.1 Å². The highest BCUT2D eigenvalue weighted by molar-refractivity contribution is 6.24. The molecule has 0 radical (unpaired) electrons. The van der Waals surface area contributed by atoms with Gasteiger partial charge in [0, 0.05) is 0 Å². The van der Waals surface area contributed by atoms with Crippen molar-refractivity contribution >= 4 is 53.9 Å². The smallest absolute Gasteiger partial charge is 0.0991 e. The summed E-state index contributed by atoms with van der Waals surface area (Å²) in [6.07, 6.45) is 0. The van der Waals surface area contributed by atoms with Crippen molar-refractivity contribution in [3.05, 3.63) is 193 Å². The Balaban J connectivity index is 1.10. The molecule has 54 heavy (non-hydrogen) atoms. The van der Waals surface area contributed by atoms with E-state index >= 15 is 0 Å². The average Bonchev–Trinajstić information content (AvgIpc) is 3.25. The van der Waals surface area contributed by atoms with E-state index in [1.54, 1.807) is 0 Å². The molecular weight excluding hydrogens is 653 g/mol. The van der Waals surface area contributed by atoms with E-state index in [1.807, 2.05) is 48.5 Å². The standard InChI is InChI=1S/C52H30N2/c53-31-33-9-13-35(14-10-33)37-17-19-41-27-43(23-21-39(41)25-37)49-29-52-48-8-4-2-6-46(48)50(30-51(52)47-7-3-1-5-45(47)49)44-24-22-40-26-38(18-20-42(40)28-44)36-15-11-34(32-54)12-16-36/h1-30H. The van der Waals surface area contributed by atoms with Gasteiger partial charge >= 0.3 is 0 Å². The van der Waals surface area contributed by atoms with Gasteiger partial charge in [-0.1, -0.05) is 121 Å². The van der Waals surface area contributed by atoms with Crippen molar-refractivity contribution in [2.24, 2.45) is 0 Å². The van der Waals surface area contributed by atoms with Gasteiger partial charge in [-0.15, -0.1) is 0 Å². The summed E-state index contributed by atoms with van der Waals surface area (Å²) in [5, 5.41) is 30.6. The summed E-state index contributed by atoms with van der Waals surface area (Å²) in [5.41, 5.74) is 10.6. The third-order valence-corrected chi connectivity index (χ3v) is 10.9. The molecule has 0 aromatic heterocycles. The van der Waals surface area contributed by atoms with Gasteiger partial charge in [0.05, 0.1) is 23.3 Å². The van der Waals surface area contributed by atoms with Crippen LogP contribution in [-0.2, 0) is 0 Å². The second-order valence-corrected chi connectivity index (χ2v) is 14.0. The van der Waals surface area contributed by atoms with Gasteiger partial charge in [0.15, 0.2) is 0 Å². The van der Waals surface area contributed by atoms with E-state index in [9.17, 15) is 10.5 Å². The Morgan fingerprint density at radius 1 is 0.259 bits per heavy atom. The summed E-state index contributed by atoms with van der Waals surface area (Å²) < 4.78 is 0. The van der Waals surface area contributed by atoms with Crippen molar-refractivity contribution in [2.75, 3.05) is 0 Å². The summed E-state index contributed by atoms with van der Waals surface area (Å²) in [6.45, 7) is 0. The number of fused-ring (bicyclic) bond motifs is 7. The molecule has 0 N–H and O–H groups in total. The zero-order valence-corrected chi connectivity index (χ0v) is 29.2. The van der Waals surface area contributed by atoms with Gasteiger partial charge in [-0.25, -0.2) is 0 Å². The van der Waals surface area contributed by atoms with Gasteiger partial charge in [-0.3, -0.25) is 0 Å². The SMILES string of the molecule is N#Cc1ccc(-c2ccc3cc(-c4cc5c6ccccc6c(-c6ccc7cc(-c8ccc(C#N)cc8)ccc7c6)cc5c5ccccc45)ccc3c2)cc1. The second-order valence-electron chi connectivity index (χ2n) is 14.0. The fourth-order valence-electron chi connectivity index (χ4n) is 8.09. The predicted octanol–water partition coefficient (Wildman–Crippen LogP) is 13.9. The minimum atomic E-state index is 0.667. The van der Waals surface area contributed by atoms with Crippen LogP contribution < -0.4 is 0 Å². The van der Waals surface area contributed by atoms with Gasteiger partial charge in [0.25, 0.3) is 0 Å². The van der Waals surface area contributed by atoms with E-state index in [1.165, 1.54) is 76.1 Å². The quantitative estimate of drug-likeness (QED) is 0.173. The molecule has 0 aliphatic heterocycles. The van der Waals surface area contributed by atoms with E-state index in [4.69, 9.17) is 0 Å². The van der Waals surface area contributed by atoms with Crippen LogP contribution in [0.25, 0.3) is 98.4 Å². The Hall–Kier alpha value is -7.52. The maximum absolute atomic E-state index is 9.22. The fraction of sp³-hybridized carbons (Fsp3) is 0. The Morgan fingerprint density at radius 2 is 0.574 bits per heavy atom. The maximum Gasteiger partial charge on any atom is 0.0991 e. The van der Waals surface area contributed by atoms with Gasteiger partial charge in [-0.05, 0) is 159 Å². The molecule has 10 aromatic carbocycles. The topological polar surface area (TPSA) is 47.6 Å². The number of hydrogen-bond donors (Lipinski definition) is 0. The molecule has 0 atom stereocenters. The van der Waals surface area contributed by atoms with Crippen molar-refractivity contribution in [1.29, 1.82) is 10.5 Å². The predicted molar refractivity (Wildman–Crippen MR) is 225 cm³/mol. The Bertz CT molecular complexity index is 2990. The van der Waals surface area contributed by atoms with Crippen LogP contribution in [0, 0.1) is 22.7 Å². The molecule has 0 aliphatic rings. The molecular formula is C52H30N2. The van der Waals surface area contributed by atoms with E-state index in [-0.39, 0.29) is 0 Å². The fourth-order valence-corrected chi connectivity index (χ4v) is 8.09. The summed E-state index contributed by atoms with van der Waals surface area (Å²) >= 11 is 0. The monoisotopic (exact) mass is 682 g/mol. The Morgan fingerprint density at radius 3 is 0.944 bits per heavy atom. The van der Waals surface area contributed by atoms with Gasteiger partial charge in [-0.2, -0.15) is 10.5 Å². The molecule has 10 rings (SSSR count). The highest BCUT2D eigenvalue weighted by Crippen LogP contribution is 2.43. The molecule has 0 unspecified atom stereocenters. The number of nitrogens with zero attached hydrogens (tertiary/aromatic N) is 2. The lowest BCUT2D eigenvalue weighted by Gasteiger charge is -2.17. The van der Waals surface area contributed by atoms with Crippen LogP contribution in [0.3, 0.4) is 0 Å². The van der Waals surface area contributed by atoms with Crippen molar-refractivity contribution < 1.29 is 0 Å². The lowest BCUT2D eigenvalue weighted by Crippen LogP contribution is -1.89. The first kappa shape index (κ1) is 31.2. The van der Waals surface area contributed by atoms with Crippen LogP contribution >= 0.6 is 0 Å². The molecule has 0 fully saturated rings. The molecule has 0 aliphatic carbocycles. The molecule has 0 heterocycles. The maximum atomic E-state index is 9.22. The summed E-state index contributed by atoms with van der Waals surface area (Å²) in [4.78, 5) is 0. The van der Waals surface area contributed by atoms with E-state index in [2.05, 4.69) is 146 Å². The minimum absolute atomic E-state index is 0.667. The third-order valence-electron chi connectivity index (χ3n) is 10.9. The molecule has 10 aromatic rings. The zero-order chi connectivity index (χ0) is 36.2. The van der Waals surface area contributed by atoms with Crippen molar-refractivity contribution in [3.8, 4) is 56.6 Å². The molecule has 0 spiro atoms. The van der Waals surface area contributed by atoms with Crippen molar-refractivity contribution in [3.63, 3.8) is 0 Å². The molecule has 248 valence electrons. The third kappa shape index (κ3) is 5.26. The molecule has 2 nitrogen and oxygen atoms in total. The van der Waals surface area contributed by atoms with Crippen LogP contribution in [0.4, 0.5) is 0 Å². The minimum Gasteiger partial charge on any atom is -0.192 e. The first-order valence-corrected chi connectivity index (χ1v) is 18.1. The molecule has 2 heteroatoms. The molecule has 0 saturated heterocycles. The van der Waals surface area contributed by atoms with Crippen molar-refractivity contribution in [2.45, 2.75) is 0 Å². The summed E-state index contributed by atoms with van der Waals surface area (Å²) in [7, 11) is 0. The number of hydrogen-bond acceptors (Lipinski definition) is 2. The van der Waals surface area contributed by atoms with Crippen molar-refractivity contribution in [1.82, 2.24) is 0 Å². The number of benzene rings is 10. The first-order valence-electron chi connectivity index (χ1n) is 18.1.